The Morgan fingerprint density at radius 1 is 1.33 bits per heavy atom. The number of pyridine rings is 1. The van der Waals surface area contributed by atoms with Gasteiger partial charge in [0.25, 0.3) is 0 Å². The third-order valence-electron chi connectivity index (χ3n) is 2.39. The molecule has 0 spiro atoms. The summed E-state index contributed by atoms with van der Waals surface area (Å²) in [6.07, 6.45) is 5.20. The van der Waals surface area contributed by atoms with Crippen LogP contribution in [0.2, 0.25) is 0 Å². The molecule has 18 heavy (non-hydrogen) atoms. The lowest BCUT2D eigenvalue weighted by Crippen LogP contribution is -1.97. The summed E-state index contributed by atoms with van der Waals surface area (Å²) < 4.78 is 7.66. The zero-order valence-corrected chi connectivity index (χ0v) is 10.8. The molecule has 5 nitrogen and oxygen atoms in total. The van der Waals surface area contributed by atoms with E-state index in [0.29, 0.717) is 17.3 Å². The number of anilines is 1. The number of fused-ring (bicyclic) bond motifs is 1. The van der Waals surface area contributed by atoms with Crippen molar-refractivity contribution >= 4 is 39.5 Å². The molecule has 3 heterocycles. The molecule has 0 radical (unpaired) electrons. The van der Waals surface area contributed by atoms with Crippen LogP contribution in [0.3, 0.4) is 0 Å². The normalized spacial score (nSPS) is 11.6. The molecule has 0 atom stereocenters. The fourth-order valence-electron chi connectivity index (χ4n) is 1.60. The number of nitrogen functional groups attached to an aromatic ring is 1. The number of hydrogen-bond acceptors (Lipinski definition) is 4. The summed E-state index contributed by atoms with van der Waals surface area (Å²) in [6, 6.07) is 7.32. The fourth-order valence-corrected chi connectivity index (χ4v) is 2.04. The number of halogens is 1. The molecule has 0 unspecified atom stereocenters. The highest BCUT2D eigenvalue weighted by Crippen LogP contribution is 2.17. The Labute approximate surface area is 111 Å². The third kappa shape index (κ3) is 2.02. The molecule has 0 aliphatic heterocycles. The van der Waals surface area contributed by atoms with Gasteiger partial charge in [-0.15, -0.1) is 5.10 Å². The van der Waals surface area contributed by atoms with Crippen molar-refractivity contribution in [1.29, 1.82) is 0 Å². The van der Waals surface area contributed by atoms with Gasteiger partial charge in [0.2, 0.25) is 0 Å². The molecule has 0 aliphatic carbocycles. The van der Waals surface area contributed by atoms with E-state index < -0.39 is 0 Å². The zero-order chi connectivity index (χ0) is 12.5. The van der Waals surface area contributed by atoms with Crippen LogP contribution in [-0.2, 0) is 0 Å². The molecule has 3 aromatic rings. The van der Waals surface area contributed by atoms with Gasteiger partial charge >= 0.3 is 0 Å². The maximum absolute atomic E-state index is 5.85. The summed E-state index contributed by atoms with van der Waals surface area (Å²) in [4.78, 5) is 4.35. The summed E-state index contributed by atoms with van der Waals surface area (Å²) in [7, 11) is 0. The van der Waals surface area contributed by atoms with Crippen LogP contribution in [0.1, 0.15) is 11.6 Å². The van der Waals surface area contributed by atoms with Crippen molar-refractivity contribution in [3.8, 4) is 0 Å². The number of rotatable bonds is 2. The highest BCUT2D eigenvalue weighted by Gasteiger charge is 2.04. The second-order valence-electron chi connectivity index (χ2n) is 3.69. The average Bonchev–Trinajstić information content (AvgIpc) is 2.93. The van der Waals surface area contributed by atoms with Crippen LogP contribution in [0, 0.1) is 0 Å². The van der Waals surface area contributed by atoms with Gasteiger partial charge in [0.15, 0.2) is 11.5 Å². The lowest BCUT2D eigenvalue weighted by Gasteiger charge is -1.97. The maximum atomic E-state index is 5.85. The van der Waals surface area contributed by atoms with Crippen molar-refractivity contribution in [3.05, 3.63) is 46.6 Å². The molecule has 0 amide bonds. The van der Waals surface area contributed by atoms with Gasteiger partial charge in [0.05, 0.1) is 6.26 Å². The van der Waals surface area contributed by atoms with Gasteiger partial charge in [0.1, 0.15) is 11.6 Å². The number of nitrogens with zero attached hydrogens (tertiary/aromatic N) is 3. The third-order valence-corrected chi connectivity index (χ3v) is 2.84. The number of nitrogens with two attached hydrogens (primary N) is 1. The first-order valence-corrected chi connectivity index (χ1v) is 6.05. The molecule has 0 aliphatic rings. The van der Waals surface area contributed by atoms with Crippen molar-refractivity contribution in [3.63, 3.8) is 0 Å². The molecule has 3 rings (SSSR count). The zero-order valence-electron chi connectivity index (χ0n) is 9.25. The predicted molar refractivity (Wildman–Crippen MR) is 72.7 cm³/mol. The van der Waals surface area contributed by atoms with Gasteiger partial charge in [-0.1, -0.05) is 15.9 Å². The van der Waals surface area contributed by atoms with E-state index in [-0.39, 0.29) is 0 Å². The van der Waals surface area contributed by atoms with Crippen LogP contribution in [-0.4, -0.2) is 14.6 Å². The van der Waals surface area contributed by atoms with Crippen LogP contribution in [0.4, 0.5) is 5.82 Å². The summed E-state index contributed by atoms with van der Waals surface area (Å²) in [5, 5.41) is 4.28. The van der Waals surface area contributed by atoms with Gasteiger partial charge in [-0.05, 0) is 36.4 Å². The highest BCUT2D eigenvalue weighted by atomic mass is 79.9. The van der Waals surface area contributed by atoms with Gasteiger partial charge in [-0.2, -0.15) is 4.52 Å². The molecule has 3 aromatic heterocycles. The second-order valence-corrected chi connectivity index (χ2v) is 4.60. The van der Waals surface area contributed by atoms with Crippen molar-refractivity contribution in [2.24, 2.45) is 0 Å². The predicted octanol–water partition coefficient (Wildman–Crippen LogP) is 2.84. The first kappa shape index (κ1) is 11.0. The Morgan fingerprint density at radius 2 is 2.22 bits per heavy atom. The van der Waals surface area contributed by atoms with Gasteiger partial charge < -0.3 is 10.2 Å². The van der Waals surface area contributed by atoms with E-state index in [1.807, 2.05) is 18.2 Å². The SMILES string of the molecule is Nc1cc(Br)cc2nc(C=Cc3ccco3)nn12. The van der Waals surface area contributed by atoms with Crippen LogP contribution in [0.5, 0.6) is 0 Å². The first-order valence-electron chi connectivity index (χ1n) is 5.26. The molecule has 90 valence electrons. The van der Waals surface area contributed by atoms with Crippen LogP contribution < -0.4 is 5.73 Å². The Bertz CT molecular complexity index is 715. The fraction of sp³-hybridized carbons (Fsp3) is 0. The molecule has 0 saturated carbocycles. The number of hydrogen-bond donors (Lipinski definition) is 1. The van der Waals surface area contributed by atoms with Crippen molar-refractivity contribution in [2.75, 3.05) is 5.73 Å². The van der Waals surface area contributed by atoms with Gasteiger partial charge in [0, 0.05) is 4.47 Å². The standard InChI is InChI=1S/C12H9BrN4O/c13-8-6-10(14)17-12(7-8)15-11(16-17)4-3-9-2-1-5-18-9/h1-7H,14H2. The molecule has 0 saturated heterocycles. The monoisotopic (exact) mass is 304 g/mol. The summed E-state index contributed by atoms with van der Waals surface area (Å²) in [5.41, 5.74) is 6.54. The molecule has 6 heteroatoms. The number of aromatic nitrogens is 3. The molecular formula is C12H9BrN4O. The largest absolute Gasteiger partial charge is 0.465 e. The van der Waals surface area contributed by atoms with Crippen LogP contribution in [0.15, 0.2) is 39.4 Å². The highest BCUT2D eigenvalue weighted by molar-refractivity contribution is 9.10. The van der Waals surface area contributed by atoms with Crippen molar-refractivity contribution in [1.82, 2.24) is 14.6 Å². The molecule has 0 fully saturated rings. The lowest BCUT2D eigenvalue weighted by molar-refractivity contribution is 0.557. The summed E-state index contributed by atoms with van der Waals surface area (Å²) >= 11 is 3.37. The van der Waals surface area contributed by atoms with Crippen LogP contribution >= 0.6 is 15.9 Å². The minimum absolute atomic E-state index is 0.532. The topological polar surface area (TPSA) is 69.3 Å². The van der Waals surface area contributed by atoms with E-state index in [9.17, 15) is 0 Å². The Morgan fingerprint density at radius 3 is 3.00 bits per heavy atom. The van der Waals surface area contributed by atoms with E-state index in [4.69, 9.17) is 10.2 Å². The lowest BCUT2D eigenvalue weighted by atomic mass is 10.4. The van der Waals surface area contributed by atoms with Crippen molar-refractivity contribution < 1.29 is 4.42 Å². The molecule has 2 N–H and O–H groups in total. The molecule has 0 aromatic carbocycles. The Hall–Kier alpha value is -2.08. The van der Waals surface area contributed by atoms with Gasteiger partial charge in [-0.25, -0.2) is 4.98 Å². The molecular weight excluding hydrogens is 296 g/mol. The average molecular weight is 305 g/mol. The quantitative estimate of drug-likeness (QED) is 0.790. The molecule has 0 bridgehead atoms. The van der Waals surface area contributed by atoms with Crippen molar-refractivity contribution in [2.45, 2.75) is 0 Å². The minimum atomic E-state index is 0.532. The van der Waals surface area contributed by atoms with E-state index in [1.165, 1.54) is 0 Å². The summed E-state index contributed by atoms with van der Waals surface area (Å²) in [6.45, 7) is 0. The Balaban J connectivity index is 2.01. The smallest absolute Gasteiger partial charge is 0.175 e. The first-order chi connectivity index (χ1) is 8.72. The van der Waals surface area contributed by atoms with Crippen LogP contribution in [0.25, 0.3) is 17.8 Å². The van der Waals surface area contributed by atoms with E-state index in [0.717, 1.165) is 10.2 Å². The van der Waals surface area contributed by atoms with Gasteiger partial charge in [-0.3, -0.25) is 0 Å². The maximum Gasteiger partial charge on any atom is 0.175 e. The van der Waals surface area contributed by atoms with E-state index in [1.54, 1.807) is 29.0 Å². The van der Waals surface area contributed by atoms with E-state index >= 15 is 0 Å². The van der Waals surface area contributed by atoms with E-state index in [2.05, 4.69) is 26.0 Å². The summed E-state index contributed by atoms with van der Waals surface area (Å²) in [5.74, 6) is 1.86. The number of furan rings is 1. The minimum Gasteiger partial charge on any atom is -0.465 e. The Kier molecular flexibility index (Phi) is 2.64. The second kappa shape index (κ2) is 4.30.